The number of hydrogen-bond acceptors (Lipinski definition) is 4. The van der Waals surface area contributed by atoms with Crippen LogP contribution in [-0.2, 0) is 27.8 Å². The highest BCUT2D eigenvalue weighted by Gasteiger charge is 2.37. The van der Waals surface area contributed by atoms with Crippen molar-refractivity contribution < 1.29 is 17.6 Å². The maximum atomic E-state index is 14.7. The molecule has 3 aromatic rings. The first-order valence-corrected chi connectivity index (χ1v) is 12.2. The Morgan fingerprint density at radius 1 is 1.06 bits per heavy atom. The SMILES string of the molecule is O=C1[C@@H](NS(=O)(=O)c2ccc3cc(Cl)ccc3c2)CCN1c1cc2c(cc1F)CNCC2. The van der Waals surface area contributed by atoms with Crippen LogP contribution < -0.4 is 14.9 Å². The van der Waals surface area contributed by atoms with Gasteiger partial charge in [0.2, 0.25) is 15.9 Å². The topological polar surface area (TPSA) is 78.5 Å². The minimum Gasteiger partial charge on any atom is -0.312 e. The van der Waals surface area contributed by atoms with Crippen LogP contribution in [0.3, 0.4) is 0 Å². The van der Waals surface area contributed by atoms with Gasteiger partial charge < -0.3 is 10.2 Å². The van der Waals surface area contributed by atoms with Crippen LogP contribution in [0.4, 0.5) is 10.1 Å². The molecule has 2 N–H and O–H groups in total. The van der Waals surface area contributed by atoms with Crippen molar-refractivity contribution in [3.05, 3.63) is 70.5 Å². The van der Waals surface area contributed by atoms with Crippen LogP contribution >= 0.6 is 11.6 Å². The molecule has 0 radical (unpaired) electrons. The van der Waals surface area contributed by atoms with Gasteiger partial charge in [-0.15, -0.1) is 0 Å². The number of hydrogen-bond donors (Lipinski definition) is 2. The molecular weight excluding hydrogens is 453 g/mol. The van der Waals surface area contributed by atoms with Crippen LogP contribution in [0.25, 0.3) is 10.8 Å². The number of nitrogens with zero attached hydrogens (tertiary/aromatic N) is 1. The summed E-state index contributed by atoms with van der Waals surface area (Å²) in [6.45, 7) is 1.64. The molecule has 1 amide bonds. The fourth-order valence-electron chi connectivity index (χ4n) is 4.34. The van der Waals surface area contributed by atoms with Gasteiger partial charge in [-0.3, -0.25) is 4.79 Å². The number of rotatable bonds is 4. The van der Waals surface area contributed by atoms with Crippen molar-refractivity contribution in [2.45, 2.75) is 30.3 Å². The number of fused-ring (bicyclic) bond motifs is 2. The predicted molar refractivity (Wildman–Crippen MR) is 122 cm³/mol. The molecule has 6 nitrogen and oxygen atoms in total. The highest BCUT2D eigenvalue weighted by molar-refractivity contribution is 7.89. The first kappa shape index (κ1) is 21.3. The standard InChI is InChI=1S/C23H21ClFN3O3S/c24-18-3-1-15-10-19(4-2-14(15)9-18)32(30,31)27-21-6-8-28(23(21)29)22-12-16-5-7-26-13-17(16)11-20(22)25/h1-4,9-12,21,26-27H,5-8,13H2/t21-/m0/s1. The van der Waals surface area contributed by atoms with E-state index in [4.69, 9.17) is 11.6 Å². The first-order chi connectivity index (χ1) is 15.3. The Balaban J connectivity index is 1.38. The summed E-state index contributed by atoms with van der Waals surface area (Å²) in [5, 5.41) is 5.30. The molecule has 1 fully saturated rings. The lowest BCUT2D eigenvalue weighted by Gasteiger charge is -2.23. The van der Waals surface area contributed by atoms with Crippen molar-refractivity contribution in [2.24, 2.45) is 0 Å². The minimum absolute atomic E-state index is 0.0611. The summed E-state index contributed by atoms with van der Waals surface area (Å²) in [6, 6.07) is 12.1. The van der Waals surface area contributed by atoms with Gasteiger partial charge >= 0.3 is 0 Å². The second-order valence-corrected chi connectivity index (χ2v) is 10.3. The minimum atomic E-state index is -3.94. The molecule has 5 rings (SSSR count). The molecule has 1 saturated heterocycles. The number of halogens is 2. The van der Waals surface area contributed by atoms with E-state index in [2.05, 4.69) is 10.0 Å². The molecule has 1 atom stereocenters. The van der Waals surface area contributed by atoms with Gasteiger partial charge in [0, 0.05) is 18.1 Å². The molecule has 0 aromatic heterocycles. The molecule has 2 aliphatic rings. The molecule has 166 valence electrons. The summed E-state index contributed by atoms with van der Waals surface area (Å²) < 4.78 is 43.2. The molecule has 0 unspecified atom stereocenters. The van der Waals surface area contributed by atoms with E-state index >= 15 is 0 Å². The highest BCUT2D eigenvalue weighted by atomic mass is 35.5. The fourth-order valence-corrected chi connectivity index (χ4v) is 5.78. The fraction of sp³-hybridized carbons (Fsp3) is 0.261. The van der Waals surface area contributed by atoms with Crippen LogP contribution in [-0.4, -0.2) is 33.5 Å². The summed E-state index contributed by atoms with van der Waals surface area (Å²) in [6.07, 6.45) is 1.02. The molecule has 0 spiro atoms. The third kappa shape index (κ3) is 3.88. The zero-order chi connectivity index (χ0) is 22.5. The highest BCUT2D eigenvalue weighted by Crippen LogP contribution is 2.30. The lowest BCUT2D eigenvalue weighted by Crippen LogP contribution is -2.41. The zero-order valence-electron chi connectivity index (χ0n) is 17.1. The van der Waals surface area contributed by atoms with Gasteiger partial charge in [0.25, 0.3) is 0 Å². The molecule has 0 saturated carbocycles. The Morgan fingerprint density at radius 3 is 2.69 bits per heavy atom. The molecule has 3 aromatic carbocycles. The Morgan fingerprint density at radius 2 is 1.84 bits per heavy atom. The van der Waals surface area contributed by atoms with Crippen molar-refractivity contribution in [1.82, 2.24) is 10.0 Å². The second kappa shape index (κ2) is 8.12. The third-order valence-corrected chi connectivity index (χ3v) is 7.74. The number of sulfonamides is 1. The van der Waals surface area contributed by atoms with Gasteiger partial charge in [-0.25, -0.2) is 12.8 Å². The van der Waals surface area contributed by atoms with Crippen LogP contribution in [0.2, 0.25) is 5.02 Å². The van der Waals surface area contributed by atoms with Crippen LogP contribution in [0.15, 0.2) is 53.4 Å². The van der Waals surface area contributed by atoms with Gasteiger partial charge in [-0.05, 0) is 77.7 Å². The second-order valence-electron chi connectivity index (χ2n) is 8.10. The molecule has 0 bridgehead atoms. The maximum Gasteiger partial charge on any atom is 0.245 e. The van der Waals surface area contributed by atoms with Gasteiger partial charge in [0.15, 0.2) is 0 Å². The van der Waals surface area contributed by atoms with Crippen molar-refractivity contribution in [2.75, 3.05) is 18.0 Å². The number of anilines is 1. The first-order valence-electron chi connectivity index (χ1n) is 10.4. The average molecular weight is 474 g/mol. The maximum absolute atomic E-state index is 14.7. The van der Waals surface area contributed by atoms with Crippen molar-refractivity contribution in [3.8, 4) is 0 Å². The smallest absolute Gasteiger partial charge is 0.245 e. The molecule has 2 heterocycles. The van der Waals surface area contributed by atoms with E-state index in [9.17, 15) is 17.6 Å². The summed E-state index contributed by atoms with van der Waals surface area (Å²) >= 11 is 5.99. The van der Waals surface area contributed by atoms with Crippen molar-refractivity contribution in [3.63, 3.8) is 0 Å². The molecule has 9 heteroatoms. The number of carbonyl (C=O) groups is 1. The normalized spacial score (nSPS) is 18.9. The quantitative estimate of drug-likeness (QED) is 0.609. The summed E-state index contributed by atoms with van der Waals surface area (Å²) in [4.78, 5) is 14.4. The third-order valence-electron chi connectivity index (χ3n) is 6.03. The molecule has 32 heavy (non-hydrogen) atoms. The van der Waals surface area contributed by atoms with Crippen LogP contribution in [0, 0.1) is 5.82 Å². The van der Waals surface area contributed by atoms with Crippen molar-refractivity contribution >= 4 is 44.0 Å². The Hall–Kier alpha value is -2.52. The number of benzene rings is 3. The summed E-state index contributed by atoms with van der Waals surface area (Å²) in [5.74, 6) is -0.925. The van der Waals surface area contributed by atoms with Gasteiger partial charge in [-0.2, -0.15) is 4.72 Å². The number of carbonyl (C=O) groups excluding carboxylic acids is 1. The van der Waals surface area contributed by atoms with E-state index in [1.54, 1.807) is 36.4 Å². The Bertz CT molecular complexity index is 1350. The average Bonchev–Trinajstić information content (AvgIpc) is 3.12. The molecular formula is C23H21ClFN3O3S. The van der Waals surface area contributed by atoms with E-state index in [0.717, 1.165) is 34.9 Å². The monoisotopic (exact) mass is 473 g/mol. The molecule has 2 aliphatic heterocycles. The van der Waals surface area contributed by atoms with Crippen LogP contribution in [0.5, 0.6) is 0 Å². The van der Waals surface area contributed by atoms with E-state index in [1.165, 1.54) is 17.0 Å². The zero-order valence-corrected chi connectivity index (χ0v) is 18.6. The largest absolute Gasteiger partial charge is 0.312 e. The van der Waals surface area contributed by atoms with Gasteiger partial charge in [0.1, 0.15) is 11.9 Å². The van der Waals surface area contributed by atoms with E-state index in [1.807, 2.05) is 0 Å². The van der Waals surface area contributed by atoms with E-state index < -0.39 is 27.8 Å². The number of nitrogens with one attached hydrogen (secondary N) is 2. The van der Waals surface area contributed by atoms with Gasteiger partial charge in [-0.1, -0.05) is 23.7 Å². The van der Waals surface area contributed by atoms with Crippen LogP contribution in [0.1, 0.15) is 17.5 Å². The summed E-state index contributed by atoms with van der Waals surface area (Å²) in [7, 11) is -3.94. The predicted octanol–water partition coefficient (Wildman–Crippen LogP) is 3.36. The van der Waals surface area contributed by atoms with E-state index in [0.29, 0.717) is 11.6 Å². The Labute approximate surface area is 190 Å². The Kier molecular flexibility index (Phi) is 5.41. The van der Waals surface area contributed by atoms with E-state index in [-0.39, 0.29) is 23.5 Å². The summed E-state index contributed by atoms with van der Waals surface area (Å²) in [5.41, 5.74) is 2.10. The van der Waals surface area contributed by atoms with Crippen molar-refractivity contribution in [1.29, 1.82) is 0 Å². The lowest BCUT2D eigenvalue weighted by molar-refractivity contribution is -0.118. The molecule has 0 aliphatic carbocycles. The number of amides is 1. The van der Waals surface area contributed by atoms with Gasteiger partial charge in [0.05, 0.1) is 10.6 Å². The lowest BCUT2D eigenvalue weighted by atomic mass is 9.99.